The zero-order chi connectivity index (χ0) is 14.5. The minimum absolute atomic E-state index is 0.159. The summed E-state index contributed by atoms with van der Waals surface area (Å²) in [5.74, 6) is -0.108. The predicted octanol–water partition coefficient (Wildman–Crippen LogP) is 2.99. The van der Waals surface area contributed by atoms with Gasteiger partial charge in [0.05, 0.1) is 11.6 Å². The number of hydrogen-bond donors (Lipinski definition) is 1. The first-order valence-electron chi connectivity index (χ1n) is 7.18. The molecule has 20 heavy (non-hydrogen) atoms. The van der Waals surface area contributed by atoms with Gasteiger partial charge in [0.25, 0.3) is 0 Å². The molecule has 0 amide bonds. The summed E-state index contributed by atoms with van der Waals surface area (Å²) >= 11 is 0. The lowest BCUT2D eigenvalue weighted by atomic mass is 9.77. The number of benzene rings is 1. The van der Waals surface area contributed by atoms with Crippen LogP contribution in [-0.4, -0.2) is 9.67 Å². The van der Waals surface area contributed by atoms with E-state index in [-0.39, 0.29) is 17.1 Å². The molecule has 2 aromatic rings. The van der Waals surface area contributed by atoms with Crippen LogP contribution < -0.4 is 5.76 Å². The molecule has 1 saturated carbocycles. The third-order valence-electron chi connectivity index (χ3n) is 4.88. The molecule has 1 heterocycles. The topological polar surface area (TPSA) is 55.4 Å². The normalized spacial score (nSPS) is 23.3. The largest absolute Gasteiger partial charge is 0.419 e. The molecular formula is C16H21NO3. The van der Waals surface area contributed by atoms with E-state index in [1.165, 1.54) is 4.57 Å². The number of rotatable bonds is 2. The summed E-state index contributed by atoms with van der Waals surface area (Å²) in [5.41, 5.74) is 2.31. The Labute approximate surface area is 118 Å². The summed E-state index contributed by atoms with van der Waals surface area (Å²) in [6.07, 6.45) is 2.86. The van der Waals surface area contributed by atoms with E-state index in [2.05, 4.69) is 13.8 Å². The summed E-state index contributed by atoms with van der Waals surface area (Å²) in [6, 6.07) is 5.55. The summed E-state index contributed by atoms with van der Waals surface area (Å²) in [4.78, 5) is 11.5. The average Bonchev–Trinajstić information content (AvgIpc) is 2.89. The van der Waals surface area contributed by atoms with Crippen LogP contribution in [0.5, 0.6) is 0 Å². The van der Waals surface area contributed by atoms with Gasteiger partial charge in [-0.25, -0.2) is 4.79 Å². The van der Waals surface area contributed by atoms with E-state index in [4.69, 9.17) is 4.42 Å². The highest BCUT2D eigenvalue weighted by Gasteiger charge is 2.39. The Kier molecular flexibility index (Phi) is 3.01. The van der Waals surface area contributed by atoms with Gasteiger partial charge in [0.15, 0.2) is 5.58 Å². The zero-order valence-electron chi connectivity index (χ0n) is 12.2. The van der Waals surface area contributed by atoms with Gasteiger partial charge in [-0.05, 0) is 41.9 Å². The van der Waals surface area contributed by atoms with Crippen molar-refractivity contribution in [2.75, 3.05) is 0 Å². The molecule has 0 spiro atoms. The van der Waals surface area contributed by atoms with Crippen LogP contribution in [0.15, 0.2) is 27.4 Å². The molecule has 1 aromatic carbocycles. The fourth-order valence-electron chi connectivity index (χ4n) is 3.51. The van der Waals surface area contributed by atoms with Gasteiger partial charge in [0.1, 0.15) is 0 Å². The van der Waals surface area contributed by atoms with E-state index in [1.54, 1.807) is 13.1 Å². The molecule has 2 atom stereocenters. The number of aliphatic hydroxyl groups is 1. The summed E-state index contributed by atoms with van der Waals surface area (Å²) in [5, 5.41) is 10.7. The molecule has 108 valence electrons. The van der Waals surface area contributed by atoms with E-state index in [0.717, 1.165) is 30.3 Å². The smallest absolute Gasteiger partial charge is 0.408 e. The van der Waals surface area contributed by atoms with Crippen molar-refractivity contribution in [3.05, 3.63) is 34.3 Å². The number of aryl methyl sites for hydroxylation is 1. The SMILES string of the molecule is Cn1c(=O)oc2cc(C(O)C3CCCC3(C)C)ccc21. The molecule has 1 aromatic heterocycles. The van der Waals surface area contributed by atoms with Crippen LogP contribution in [0.4, 0.5) is 0 Å². The van der Waals surface area contributed by atoms with Gasteiger partial charge in [-0.3, -0.25) is 4.57 Å². The van der Waals surface area contributed by atoms with Crippen LogP contribution >= 0.6 is 0 Å². The monoisotopic (exact) mass is 275 g/mol. The van der Waals surface area contributed by atoms with E-state index in [9.17, 15) is 9.90 Å². The zero-order valence-corrected chi connectivity index (χ0v) is 12.2. The number of aromatic nitrogens is 1. The van der Waals surface area contributed by atoms with Crippen molar-refractivity contribution in [2.45, 2.75) is 39.2 Å². The van der Waals surface area contributed by atoms with Gasteiger partial charge in [-0.1, -0.05) is 26.3 Å². The number of hydrogen-bond acceptors (Lipinski definition) is 3. The Bertz CT molecular complexity index is 695. The molecule has 1 aliphatic rings. The van der Waals surface area contributed by atoms with E-state index < -0.39 is 6.10 Å². The van der Waals surface area contributed by atoms with Gasteiger partial charge in [0.2, 0.25) is 0 Å². The molecule has 4 heteroatoms. The lowest BCUT2D eigenvalue weighted by molar-refractivity contribution is 0.0532. The van der Waals surface area contributed by atoms with Gasteiger partial charge in [0, 0.05) is 7.05 Å². The Morgan fingerprint density at radius 1 is 1.45 bits per heavy atom. The summed E-state index contributed by atoms with van der Waals surface area (Å²) in [6.45, 7) is 4.43. The van der Waals surface area contributed by atoms with Crippen LogP contribution in [0.1, 0.15) is 44.8 Å². The molecule has 0 bridgehead atoms. The molecule has 0 saturated heterocycles. The van der Waals surface area contributed by atoms with Gasteiger partial charge >= 0.3 is 5.76 Å². The van der Waals surface area contributed by atoms with Crippen molar-refractivity contribution >= 4 is 11.1 Å². The molecule has 2 unspecified atom stereocenters. The van der Waals surface area contributed by atoms with Crippen molar-refractivity contribution in [3.63, 3.8) is 0 Å². The van der Waals surface area contributed by atoms with Crippen molar-refractivity contribution in [3.8, 4) is 0 Å². The second-order valence-corrected chi connectivity index (χ2v) is 6.59. The number of oxazole rings is 1. The molecule has 1 fully saturated rings. The maximum Gasteiger partial charge on any atom is 0.419 e. The van der Waals surface area contributed by atoms with E-state index in [1.807, 2.05) is 12.1 Å². The Hall–Kier alpha value is -1.55. The van der Waals surface area contributed by atoms with Gasteiger partial charge < -0.3 is 9.52 Å². The van der Waals surface area contributed by atoms with E-state index in [0.29, 0.717) is 5.58 Å². The van der Waals surface area contributed by atoms with Gasteiger partial charge in [-0.2, -0.15) is 0 Å². The molecule has 1 N–H and O–H groups in total. The first kappa shape index (κ1) is 13.4. The molecule has 0 radical (unpaired) electrons. The first-order chi connectivity index (χ1) is 9.40. The standard InChI is InChI=1S/C16H21NO3/c1-16(2)8-4-5-11(16)14(18)10-6-7-12-13(9-10)20-15(19)17(12)3/h6-7,9,11,14,18H,4-5,8H2,1-3H3. The van der Waals surface area contributed by atoms with Crippen LogP contribution in [-0.2, 0) is 7.05 Å². The lowest BCUT2D eigenvalue weighted by Gasteiger charge is -2.31. The molecule has 4 nitrogen and oxygen atoms in total. The second-order valence-electron chi connectivity index (χ2n) is 6.59. The highest BCUT2D eigenvalue weighted by atomic mass is 16.4. The highest BCUT2D eigenvalue weighted by Crippen LogP contribution is 2.48. The molecular weight excluding hydrogens is 254 g/mol. The quantitative estimate of drug-likeness (QED) is 0.916. The molecule has 0 aliphatic heterocycles. The minimum Gasteiger partial charge on any atom is -0.408 e. The highest BCUT2D eigenvalue weighted by molar-refractivity contribution is 5.73. The van der Waals surface area contributed by atoms with Gasteiger partial charge in [-0.15, -0.1) is 0 Å². The van der Waals surface area contributed by atoms with Crippen molar-refractivity contribution in [1.29, 1.82) is 0 Å². The third kappa shape index (κ3) is 1.99. The Balaban J connectivity index is 2.00. The Morgan fingerprint density at radius 3 is 2.85 bits per heavy atom. The van der Waals surface area contributed by atoms with Crippen molar-refractivity contribution in [1.82, 2.24) is 4.57 Å². The number of nitrogens with zero attached hydrogens (tertiary/aromatic N) is 1. The van der Waals surface area contributed by atoms with Crippen LogP contribution in [0.2, 0.25) is 0 Å². The Morgan fingerprint density at radius 2 is 2.20 bits per heavy atom. The number of fused-ring (bicyclic) bond motifs is 1. The van der Waals surface area contributed by atoms with Crippen LogP contribution in [0, 0.1) is 11.3 Å². The molecule has 1 aliphatic carbocycles. The van der Waals surface area contributed by atoms with Crippen molar-refractivity contribution in [2.24, 2.45) is 18.4 Å². The maximum atomic E-state index is 11.5. The second kappa shape index (κ2) is 4.48. The third-order valence-corrected chi connectivity index (χ3v) is 4.88. The van der Waals surface area contributed by atoms with Crippen molar-refractivity contribution < 1.29 is 9.52 Å². The fourth-order valence-corrected chi connectivity index (χ4v) is 3.51. The first-order valence-corrected chi connectivity index (χ1v) is 7.18. The lowest BCUT2D eigenvalue weighted by Crippen LogP contribution is -2.24. The molecule has 3 rings (SSSR count). The van der Waals surface area contributed by atoms with Crippen LogP contribution in [0.3, 0.4) is 0 Å². The summed E-state index contributed by atoms with van der Waals surface area (Å²) in [7, 11) is 1.68. The van der Waals surface area contributed by atoms with E-state index >= 15 is 0 Å². The predicted molar refractivity (Wildman–Crippen MR) is 77.5 cm³/mol. The minimum atomic E-state index is -0.498. The number of aliphatic hydroxyl groups excluding tert-OH is 1. The summed E-state index contributed by atoms with van der Waals surface area (Å²) < 4.78 is 6.68. The maximum absolute atomic E-state index is 11.5. The average molecular weight is 275 g/mol. The fraction of sp³-hybridized carbons (Fsp3) is 0.562. The van der Waals surface area contributed by atoms with Crippen LogP contribution in [0.25, 0.3) is 11.1 Å².